The van der Waals surface area contributed by atoms with Gasteiger partial charge in [-0.15, -0.1) is 11.8 Å². The monoisotopic (exact) mass is 298 g/mol. The van der Waals surface area contributed by atoms with Gasteiger partial charge in [-0.2, -0.15) is 0 Å². The van der Waals surface area contributed by atoms with Crippen molar-refractivity contribution in [2.45, 2.75) is 57.5 Å². The second-order valence-corrected chi connectivity index (χ2v) is 6.93. The smallest absolute Gasteiger partial charge is 0.310 e. The highest BCUT2D eigenvalue weighted by atomic mass is 32.2. The van der Waals surface area contributed by atoms with Crippen molar-refractivity contribution in [3.05, 3.63) is 29.1 Å². The van der Waals surface area contributed by atoms with Gasteiger partial charge in [-0.05, 0) is 50.1 Å². The number of halogens is 1. The molecule has 0 saturated carbocycles. The highest BCUT2D eigenvalue weighted by molar-refractivity contribution is 7.98. The number of esters is 1. The van der Waals surface area contributed by atoms with Crippen LogP contribution in [0.5, 0.6) is 0 Å². The van der Waals surface area contributed by atoms with Crippen molar-refractivity contribution in [1.29, 1.82) is 0 Å². The van der Waals surface area contributed by atoms with E-state index in [2.05, 4.69) is 0 Å². The summed E-state index contributed by atoms with van der Waals surface area (Å²) in [4.78, 5) is 12.5. The zero-order chi connectivity index (χ0) is 15.5. The maximum atomic E-state index is 14.1. The van der Waals surface area contributed by atoms with Gasteiger partial charge < -0.3 is 4.74 Å². The quantitative estimate of drug-likeness (QED) is 0.602. The van der Waals surface area contributed by atoms with E-state index >= 15 is 0 Å². The summed E-state index contributed by atoms with van der Waals surface area (Å²) in [6.45, 7) is 9.48. The molecule has 0 radical (unpaired) electrons. The number of carbonyl (C=O) groups is 1. The molecule has 0 atom stereocenters. The van der Waals surface area contributed by atoms with Gasteiger partial charge >= 0.3 is 5.97 Å². The average Bonchev–Trinajstić information content (AvgIpc) is 2.25. The van der Waals surface area contributed by atoms with E-state index in [0.29, 0.717) is 10.5 Å². The van der Waals surface area contributed by atoms with Gasteiger partial charge in [0.15, 0.2) is 0 Å². The molecule has 0 aliphatic rings. The Morgan fingerprint density at radius 3 is 2.40 bits per heavy atom. The van der Waals surface area contributed by atoms with E-state index in [-0.39, 0.29) is 24.1 Å². The van der Waals surface area contributed by atoms with Crippen LogP contribution in [0.4, 0.5) is 4.39 Å². The summed E-state index contributed by atoms with van der Waals surface area (Å²) in [6.07, 6.45) is 1.91. The molecule has 0 aliphatic carbocycles. The van der Waals surface area contributed by atoms with Gasteiger partial charge in [0, 0.05) is 4.90 Å². The first-order chi connectivity index (χ1) is 9.14. The molecule has 1 rings (SSSR count). The number of carbonyl (C=O) groups excluding carboxylic acids is 1. The van der Waals surface area contributed by atoms with Crippen molar-refractivity contribution in [3.8, 4) is 0 Å². The molecule has 1 aromatic rings. The molecule has 1 aromatic carbocycles. The van der Waals surface area contributed by atoms with Crippen LogP contribution in [0.1, 0.15) is 51.7 Å². The van der Waals surface area contributed by atoms with Gasteiger partial charge in [0.2, 0.25) is 0 Å². The standard InChI is InChI=1S/C16H23FO2S/c1-10(2)11-7-12(15(20-6)13(17)8-11)9-14(18)19-16(3,4)5/h7-8,10H,9H2,1-6H3. The zero-order valence-corrected chi connectivity index (χ0v) is 13.9. The molecule has 2 nitrogen and oxygen atoms in total. The van der Waals surface area contributed by atoms with Crippen LogP contribution in [-0.4, -0.2) is 17.8 Å². The SMILES string of the molecule is CSc1c(F)cc(C(C)C)cc1CC(=O)OC(C)(C)C. The fourth-order valence-electron chi connectivity index (χ4n) is 1.90. The van der Waals surface area contributed by atoms with E-state index < -0.39 is 5.60 Å². The van der Waals surface area contributed by atoms with Gasteiger partial charge in [-0.3, -0.25) is 4.79 Å². The second-order valence-electron chi connectivity index (χ2n) is 6.11. The molecule has 0 saturated heterocycles. The average molecular weight is 298 g/mol. The van der Waals surface area contributed by atoms with E-state index in [4.69, 9.17) is 4.74 Å². The number of ether oxygens (including phenoxy) is 1. The van der Waals surface area contributed by atoms with Crippen LogP contribution in [0.2, 0.25) is 0 Å². The lowest BCUT2D eigenvalue weighted by Crippen LogP contribution is -2.25. The predicted octanol–water partition coefficient (Wildman–Crippen LogP) is 4.56. The number of rotatable bonds is 4. The molecule has 0 unspecified atom stereocenters. The Labute approximate surface area is 125 Å². The summed E-state index contributed by atoms with van der Waals surface area (Å²) in [6, 6.07) is 3.46. The Morgan fingerprint density at radius 1 is 1.35 bits per heavy atom. The molecule has 0 bridgehead atoms. The molecule has 0 aromatic heterocycles. The fourth-order valence-corrected chi connectivity index (χ4v) is 2.55. The third-order valence-corrected chi connectivity index (χ3v) is 3.63. The van der Waals surface area contributed by atoms with Crippen LogP contribution in [0, 0.1) is 5.82 Å². The van der Waals surface area contributed by atoms with Crippen LogP contribution in [0.3, 0.4) is 0 Å². The molecule has 112 valence electrons. The lowest BCUT2D eigenvalue weighted by atomic mass is 9.99. The van der Waals surface area contributed by atoms with Crippen molar-refractivity contribution < 1.29 is 13.9 Å². The first-order valence-electron chi connectivity index (χ1n) is 6.72. The molecule has 4 heteroatoms. The topological polar surface area (TPSA) is 26.3 Å². The molecule has 0 amide bonds. The van der Waals surface area contributed by atoms with Gasteiger partial charge in [0.05, 0.1) is 6.42 Å². The summed E-state index contributed by atoms with van der Waals surface area (Å²) in [5, 5.41) is 0. The number of hydrogen-bond donors (Lipinski definition) is 0. The van der Waals surface area contributed by atoms with Crippen molar-refractivity contribution >= 4 is 17.7 Å². The minimum absolute atomic E-state index is 0.102. The first-order valence-corrected chi connectivity index (χ1v) is 7.94. The van der Waals surface area contributed by atoms with Crippen LogP contribution >= 0.6 is 11.8 Å². The Morgan fingerprint density at radius 2 is 1.95 bits per heavy atom. The van der Waals surface area contributed by atoms with Crippen LogP contribution in [0.15, 0.2) is 17.0 Å². The molecule has 0 N–H and O–H groups in total. The van der Waals surface area contributed by atoms with Crippen molar-refractivity contribution in [2.75, 3.05) is 6.26 Å². The van der Waals surface area contributed by atoms with E-state index in [1.807, 2.05) is 46.9 Å². The Kier molecular flexibility index (Phi) is 5.63. The molecule has 20 heavy (non-hydrogen) atoms. The molecular weight excluding hydrogens is 275 g/mol. The molecule has 0 heterocycles. The van der Waals surface area contributed by atoms with Crippen molar-refractivity contribution in [3.63, 3.8) is 0 Å². The summed E-state index contributed by atoms with van der Waals surface area (Å²) < 4.78 is 19.4. The summed E-state index contributed by atoms with van der Waals surface area (Å²) in [5.41, 5.74) is 1.08. The highest BCUT2D eigenvalue weighted by Gasteiger charge is 2.19. The first kappa shape index (κ1) is 17.0. The summed E-state index contributed by atoms with van der Waals surface area (Å²) >= 11 is 1.32. The Balaban J connectivity index is 3.06. The number of hydrogen-bond acceptors (Lipinski definition) is 3. The van der Waals surface area contributed by atoms with Gasteiger partial charge in [0.25, 0.3) is 0 Å². The highest BCUT2D eigenvalue weighted by Crippen LogP contribution is 2.29. The number of thioether (sulfide) groups is 1. The van der Waals surface area contributed by atoms with E-state index in [0.717, 1.165) is 5.56 Å². The van der Waals surface area contributed by atoms with Crippen LogP contribution in [-0.2, 0) is 16.0 Å². The largest absolute Gasteiger partial charge is 0.460 e. The summed E-state index contributed by atoms with van der Waals surface area (Å²) in [5.74, 6) is -0.367. The maximum absolute atomic E-state index is 14.1. The van der Waals surface area contributed by atoms with E-state index in [1.165, 1.54) is 11.8 Å². The molecule has 0 aliphatic heterocycles. The fraction of sp³-hybridized carbons (Fsp3) is 0.562. The molecule has 0 spiro atoms. The van der Waals surface area contributed by atoms with Crippen LogP contribution in [0.25, 0.3) is 0 Å². The lowest BCUT2D eigenvalue weighted by molar-refractivity contribution is -0.153. The third-order valence-electron chi connectivity index (χ3n) is 2.77. The third kappa shape index (κ3) is 4.82. The minimum atomic E-state index is -0.523. The van der Waals surface area contributed by atoms with Gasteiger partial charge in [-0.1, -0.05) is 19.9 Å². The zero-order valence-electron chi connectivity index (χ0n) is 13.0. The van der Waals surface area contributed by atoms with Crippen molar-refractivity contribution in [1.82, 2.24) is 0 Å². The predicted molar refractivity (Wildman–Crippen MR) is 81.8 cm³/mol. The number of benzene rings is 1. The maximum Gasteiger partial charge on any atom is 0.310 e. The van der Waals surface area contributed by atoms with E-state index in [1.54, 1.807) is 6.07 Å². The Bertz CT molecular complexity index is 490. The summed E-state index contributed by atoms with van der Waals surface area (Å²) in [7, 11) is 0. The minimum Gasteiger partial charge on any atom is -0.460 e. The molecular formula is C16H23FO2S. The lowest BCUT2D eigenvalue weighted by Gasteiger charge is -2.20. The van der Waals surface area contributed by atoms with E-state index in [9.17, 15) is 9.18 Å². The molecule has 0 fully saturated rings. The van der Waals surface area contributed by atoms with Gasteiger partial charge in [0.1, 0.15) is 11.4 Å². The normalized spacial score (nSPS) is 11.8. The van der Waals surface area contributed by atoms with Gasteiger partial charge in [-0.25, -0.2) is 4.39 Å². The Hall–Kier alpha value is -1.03. The second kappa shape index (κ2) is 6.61. The van der Waals surface area contributed by atoms with Crippen LogP contribution < -0.4 is 0 Å². The van der Waals surface area contributed by atoms with Crippen molar-refractivity contribution in [2.24, 2.45) is 0 Å².